The van der Waals surface area contributed by atoms with Crippen molar-refractivity contribution >= 4 is 15.5 Å². The van der Waals surface area contributed by atoms with E-state index in [4.69, 9.17) is 0 Å². The molecule has 72 valence electrons. The fourth-order valence-electron chi connectivity index (χ4n) is 0.990. The van der Waals surface area contributed by atoms with Crippen LogP contribution in [-0.2, 0) is 9.84 Å². The quantitative estimate of drug-likeness (QED) is 0.787. The topological polar surface area (TPSA) is 46.2 Å². The molecule has 3 nitrogen and oxygen atoms in total. The van der Waals surface area contributed by atoms with Crippen molar-refractivity contribution in [2.45, 2.75) is 4.90 Å². The summed E-state index contributed by atoms with van der Waals surface area (Å²) in [6, 6.07) is 4.21. The first-order chi connectivity index (χ1) is 5.96. The summed E-state index contributed by atoms with van der Waals surface area (Å²) in [4.78, 5) is -0.278. The highest BCUT2D eigenvalue weighted by Crippen LogP contribution is 2.21. The van der Waals surface area contributed by atoms with Crippen LogP contribution in [0, 0.1) is 5.82 Å². The summed E-state index contributed by atoms with van der Waals surface area (Å²) in [7, 11) is -1.95. The second-order valence-electron chi connectivity index (χ2n) is 2.64. The first-order valence-electron chi connectivity index (χ1n) is 3.63. The summed E-state index contributed by atoms with van der Waals surface area (Å²) in [5.74, 6) is -0.729. The molecule has 0 saturated heterocycles. The smallest absolute Gasteiger partial charge is 0.178 e. The summed E-state index contributed by atoms with van der Waals surface area (Å²) >= 11 is 0. The van der Waals surface area contributed by atoms with Gasteiger partial charge >= 0.3 is 0 Å². The van der Waals surface area contributed by atoms with Crippen LogP contribution < -0.4 is 5.32 Å². The molecule has 13 heavy (non-hydrogen) atoms. The van der Waals surface area contributed by atoms with Crippen LogP contribution in [0.3, 0.4) is 0 Å². The minimum Gasteiger partial charge on any atom is -0.386 e. The highest BCUT2D eigenvalue weighted by atomic mass is 32.2. The average molecular weight is 203 g/mol. The standard InChI is InChI=1S/C8H10FNO2S/c1-10-6-4-3-5-7(8(6)9)13(2,11)12/h3-5,10H,1-2H3. The molecule has 0 heterocycles. The Morgan fingerprint density at radius 3 is 2.46 bits per heavy atom. The maximum absolute atomic E-state index is 13.3. The van der Waals surface area contributed by atoms with E-state index in [2.05, 4.69) is 5.32 Å². The zero-order valence-corrected chi connectivity index (χ0v) is 8.15. The second-order valence-corrected chi connectivity index (χ2v) is 4.62. The number of sulfone groups is 1. The van der Waals surface area contributed by atoms with Crippen LogP contribution in [0.15, 0.2) is 23.1 Å². The first kappa shape index (κ1) is 9.98. The Balaban J connectivity index is 3.41. The Morgan fingerprint density at radius 2 is 2.00 bits per heavy atom. The van der Waals surface area contributed by atoms with Gasteiger partial charge in [-0.1, -0.05) is 6.07 Å². The van der Waals surface area contributed by atoms with E-state index < -0.39 is 15.7 Å². The summed E-state index contributed by atoms with van der Waals surface area (Å²) in [5, 5.41) is 2.57. The van der Waals surface area contributed by atoms with E-state index in [1.165, 1.54) is 25.2 Å². The molecule has 1 aromatic carbocycles. The largest absolute Gasteiger partial charge is 0.386 e. The molecule has 1 N–H and O–H groups in total. The van der Waals surface area contributed by atoms with Gasteiger partial charge in [0.2, 0.25) is 0 Å². The minimum absolute atomic E-state index is 0.183. The predicted molar refractivity (Wildman–Crippen MR) is 49.1 cm³/mol. The molecule has 0 aliphatic heterocycles. The number of hydrogen-bond donors (Lipinski definition) is 1. The van der Waals surface area contributed by atoms with Crippen LogP contribution in [0.1, 0.15) is 0 Å². The third-order valence-electron chi connectivity index (χ3n) is 1.63. The lowest BCUT2D eigenvalue weighted by Crippen LogP contribution is -2.03. The Labute approximate surface area is 76.5 Å². The van der Waals surface area contributed by atoms with E-state index in [-0.39, 0.29) is 10.6 Å². The van der Waals surface area contributed by atoms with E-state index in [1.807, 2.05) is 0 Å². The second kappa shape index (κ2) is 3.33. The Bertz CT molecular complexity index is 414. The van der Waals surface area contributed by atoms with Crippen LogP contribution in [0.2, 0.25) is 0 Å². The van der Waals surface area contributed by atoms with Gasteiger partial charge in [0, 0.05) is 13.3 Å². The Morgan fingerprint density at radius 1 is 1.38 bits per heavy atom. The van der Waals surface area contributed by atoms with Crippen LogP contribution in [0.25, 0.3) is 0 Å². The van der Waals surface area contributed by atoms with Gasteiger partial charge in [0.15, 0.2) is 15.7 Å². The zero-order valence-electron chi connectivity index (χ0n) is 7.33. The molecule has 0 aromatic heterocycles. The molecule has 1 rings (SSSR count). The van der Waals surface area contributed by atoms with Crippen LogP contribution in [0.4, 0.5) is 10.1 Å². The molecule has 0 fully saturated rings. The van der Waals surface area contributed by atoms with Crippen molar-refractivity contribution in [3.05, 3.63) is 24.0 Å². The number of hydrogen-bond acceptors (Lipinski definition) is 3. The Hall–Kier alpha value is -1.10. The van der Waals surface area contributed by atoms with Gasteiger partial charge in [-0.2, -0.15) is 0 Å². The molecule has 0 spiro atoms. The summed E-state index contributed by atoms with van der Waals surface area (Å²) in [6.07, 6.45) is 0.977. The van der Waals surface area contributed by atoms with Crippen LogP contribution in [0.5, 0.6) is 0 Å². The normalized spacial score (nSPS) is 11.3. The lowest BCUT2D eigenvalue weighted by molar-refractivity contribution is 0.573. The maximum atomic E-state index is 13.3. The van der Waals surface area contributed by atoms with Crippen molar-refractivity contribution in [3.8, 4) is 0 Å². The molecule has 0 bridgehead atoms. The van der Waals surface area contributed by atoms with E-state index in [9.17, 15) is 12.8 Å². The molecule has 0 saturated carbocycles. The first-order valence-corrected chi connectivity index (χ1v) is 5.52. The van der Waals surface area contributed by atoms with Gasteiger partial charge in [0.25, 0.3) is 0 Å². The molecular formula is C8H10FNO2S. The number of rotatable bonds is 2. The molecular weight excluding hydrogens is 193 g/mol. The van der Waals surface area contributed by atoms with E-state index in [0.717, 1.165) is 6.26 Å². The van der Waals surface area contributed by atoms with E-state index >= 15 is 0 Å². The van der Waals surface area contributed by atoms with Crippen LogP contribution >= 0.6 is 0 Å². The fraction of sp³-hybridized carbons (Fsp3) is 0.250. The maximum Gasteiger partial charge on any atom is 0.178 e. The zero-order chi connectivity index (χ0) is 10.1. The van der Waals surface area contributed by atoms with Crippen molar-refractivity contribution in [3.63, 3.8) is 0 Å². The van der Waals surface area contributed by atoms with Crippen molar-refractivity contribution in [2.75, 3.05) is 18.6 Å². The summed E-state index contributed by atoms with van der Waals surface area (Å²) in [6.45, 7) is 0. The SMILES string of the molecule is CNc1cccc(S(C)(=O)=O)c1F. The van der Waals surface area contributed by atoms with Gasteiger partial charge in [0.1, 0.15) is 4.90 Å². The Kier molecular flexibility index (Phi) is 2.56. The number of halogens is 1. The van der Waals surface area contributed by atoms with E-state index in [1.54, 1.807) is 0 Å². The molecule has 5 heteroatoms. The number of nitrogens with one attached hydrogen (secondary N) is 1. The predicted octanol–water partition coefficient (Wildman–Crippen LogP) is 1.27. The molecule has 1 aromatic rings. The molecule has 0 radical (unpaired) electrons. The number of anilines is 1. The lowest BCUT2D eigenvalue weighted by Gasteiger charge is -2.05. The van der Waals surface area contributed by atoms with E-state index in [0.29, 0.717) is 0 Å². The van der Waals surface area contributed by atoms with Crippen molar-refractivity contribution < 1.29 is 12.8 Å². The van der Waals surface area contributed by atoms with Gasteiger partial charge in [-0.25, -0.2) is 12.8 Å². The van der Waals surface area contributed by atoms with Crippen LogP contribution in [-0.4, -0.2) is 21.7 Å². The fourth-order valence-corrected chi connectivity index (χ4v) is 1.75. The summed E-state index contributed by atoms with van der Waals surface area (Å²) in [5.41, 5.74) is 0.183. The van der Waals surface area contributed by atoms with Gasteiger partial charge in [-0.05, 0) is 12.1 Å². The van der Waals surface area contributed by atoms with Gasteiger partial charge in [-0.15, -0.1) is 0 Å². The monoisotopic (exact) mass is 203 g/mol. The minimum atomic E-state index is -3.48. The third kappa shape index (κ3) is 1.98. The molecule has 0 atom stereocenters. The third-order valence-corrected chi connectivity index (χ3v) is 2.75. The van der Waals surface area contributed by atoms with Crippen molar-refractivity contribution in [1.82, 2.24) is 0 Å². The molecule has 0 amide bonds. The summed E-state index contributed by atoms with van der Waals surface area (Å²) < 4.78 is 35.4. The molecule has 0 unspecified atom stereocenters. The van der Waals surface area contributed by atoms with Crippen molar-refractivity contribution in [2.24, 2.45) is 0 Å². The molecule has 0 aliphatic rings. The number of benzene rings is 1. The van der Waals surface area contributed by atoms with Gasteiger partial charge in [0.05, 0.1) is 5.69 Å². The highest BCUT2D eigenvalue weighted by Gasteiger charge is 2.15. The van der Waals surface area contributed by atoms with Crippen molar-refractivity contribution in [1.29, 1.82) is 0 Å². The van der Waals surface area contributed by atoms with Gasteiger partial charge < -0.3 is 5.32 Å². The molecule has 0 aliphatic carbocycles. The average Bonchev–Trinajstić information content (AvgIpc) is 2.02. The van der Waals surface area contributed by atoms with Gasteiger partial charge in [-0.3, -0.25) is 0 Å². The highest BCUT2D eigenvalue weighted by molar-refractivity contribution is 7.90. The lowest BCUT2D eigenvalue weighted by atomic mass is 10.3.